The van der Waals surface area contributed by atoms with Crippen molar-refractivity contribution in [1.29, 1.82) is 0 Å². The fraction of sp³-hybridized carbons (Fsp3) is 0.500. The SMILES string of the molecule is CNCC1(c2c(F)cccc2Cl)CC1C. The molecule has 0 saturated heterocycles. The van der Waals surface area contributed by atoms with E-state index in [4.69, 9.17) is 11.6 Å². The minimum atomic E-state index is -0.179. The number of benzene rings is 1. The number of nitrogens with one attached hydrogen (secondary N) is 1. The van der Waals surface area contributed by atoms with Crippen molar-refractivity contribution >= 4 is 11.6 Å². The molecule has 1 aromatic rings. The van der Waals surface area contributed by atoms with Crippen LogP contribution in [0, 0.1) is 11.7 Å². The van der Waals surface area contributed by atoms with Gasteiger partial charge in [-0.2, -0.15) is 0 Å². The molecule has 0 aliphatic heterocycles. The molecule has 1 aliphatic rings. The van der Waals surface area contributed by atoms with Crippen molar-refractivity contribution in [1.82, 2.24) is 5.32 Å². The van der Waals surface area contributed by atoms with Gasteiger partial charge in [0.1, 0.15) is 5.82 Å². The van der Waals surface area contributed by atoms with Gasteiger partial charge in [-0.25, -0.2) is 4.39 Å². The van der Waals surface area contributed by atoms with Gasteiger partial charge in [-0.3, -0.25) is 0 Å². The fourth-order valence-electron chi connectivity index (χ4n) is 2.46. The normalized spacial score (nSPS) is 29.2. The predicted octanol–water partition coefficient (Wildman–Crippen LogP) is 2.98. The highest BCUT2D eigenvalue weighted by Crippen LogP contribution is 2.55. The molecular weight excluding hydrogens is 213 g/mol. The van der Waals surface area contributed by atoms with Crippen LogP contribution in [0.1, 0.15) is 18.9 Å². The molecule has 0 spiro atoms. The molecule has 0 aromatic heterocycles. The minimum absolute atomic E-state index is 0.0861. The lowest BCUT2D eigenvalue weighted by Crippen LogP contribution is -2.26. The first-order valence-corrected chi connectivity index (χ1v) is 5.58. The van der Waals surface area contributed by atoms with Crippen molar-refractivity contribution in [3.8, 4) is 0 Å². The topological polar surface area (TPSA) is 12.0 Å². The van der Waals surface area contributed by atoms with Gasteiger partial charge >= 0.3 is 0 Å². The summed E-state index contributed by atoms with van der Waals surface area (Å²) in [7, 11) is 1.89. The van der Waals surface area contributed by atoms with Crippen LogP contribution in [0.4, 0.5) is 4.39 Å². The second kappa shape index (κ2) is 3.76. The molecule has 1 saturated carbocycles. The molecule has 2 rings (SSSR count). The Kier molecular flexibility index (Phi) is 2.73. The van der Waals surface area contributed by atoms with Crippen LogP contribution in [0.5, 0.6) is 0 Å². The summed E-state index contributed by atoms with van der Waals surface area (Å²) in [4.78, 5) is 0. The van der Waals surface area contributed by atoms with Gasteiger partial charge in [0.05, 0.1) is 0 Å². The van der Waals surface area contributed by atoms with Crippen LogP contribution in [0.15, 0.2) is 18.2 Å². The summed E-state index contributed by atoms with van der Waals surface area (Å²) in [5.41, 5.74) is 0.602. The molecule has 0 heterocycles. The van der Waals surface area contributed by atoms with Crippen molar-refractivity contribution < 1.29 is 4.39 Å². The monoisotopic (exact) mass is 227 g/mol. The van der Waals surface area contributed by atoms with E-state index >= 15 is 0 Å². The summed E-state index contributed by atoms with van der Waals surface area (Å²) >= 11 is 6.09. The molecule has 15 heavy (non-hydrogen) atoms. The largest absolute Gasteiger partial charge is 0.319 e. The zero-order chi connectivity index (χ0) is 11.1. The zero-order valence-corrected chi connectivity index (χ0v) is 9.74. The quantitative estimate of drug-likeness (QED) is 0.837. The third-order valence-electron chi connectivity index (χ3n) is 3.41. The van der Waals surface area contributed by atoms with Crippen molar-refractivity contribution in [3.63, 3.8) is 0 Å². The van der Waals surface area contributed by atoms with Gasteiger partial charge in [0.25, 0.3) is 0 Å². The summed E-state index contributed by atoms with van der Waals surface area (Å²) in [6, 6.07) is 4.91. The summed E-state index contributed by atoms with van der Waals surface area (Å²) in [6.45, 7) is 2.93. The lowest BCUT2D eigenvalue weighted by atomic mass is 9.93. The van der Waals surface area contributed by atoms with E-state index in [0.29, 0.717) is 16.5 Å². The van der Waals surface area contributed by atoms with Crippen molar-refractivity contribution in [2.75, 3.05) is 13.6 Å². The summed E-state index contributed by atoms with van der Waals surface area (Å²) < 4.78 is 13.8. The standard InChI is InChI=1S/C12H15ClFN/c1-8-6-12(8,7-15-2)11-9(13)4-3-5-10(11)14/h3-5,8,15H,6-7H2,1-2H3. The maximum atomic E-state index is 13.8. The number of rotatable bonds is 3. The van der Waals surface area contributed by atoms with E-state index in [0.717, 1.165) is 13.0 Å². The number of hydrogen-bond donors (Lipinski definition) is 1. The first-order valence-electron chi connectivity index (χ1n) is 5.21. The van der Waals surface area contributed by atoms with Crippen LogP contribution in [0.3, 0.4) is 0 Å². The van der Waals surface area contributed by atoms with E-state index in [1.165, 1.54) is 6.07 Å². The van der Waals surface area contributed by atoms with Crippen LogP contribution < -0.4 is 5.32 Å². The Morgan fingerprint density at radius 2 is 2.27 bits per heavy atom. The molecule has 1 nitrogen and oxygen atoms in total. The van der Waals surface area contributed by atoms with E-state index in [2.05, 4.69) is 12.2 Å². The van der Waals surface area contributed by atoms with Crippen LogP contribution >= 0.6 is 11.6 Å². The molecule has 2 unspecified atom stereocenters. The Morgan fingerprint density at radius 3 is 2.73 bits per heavy atom. The molecule has 3 heteroatoms. The van der Waals surface area contributed by atoms with E-state index in [1.807, 2.05) is 7.05 Å². The second-order valence-electron chi connectivity index (χ2n) is 4.39. The van der Waals surface area contributed by atoms with Gasteiger partial charge in [0, 0.05) is 22.5 Å². The Hall–Kier alpha value is -0.600. The molecule has 0 amide bonds. The lowest BCUT2D eigenvalue weighted by Gasteiger charge is -2.19. The lowest BCUT2D eigenvalue weighted by molar-refractivity contribution is 0.528. The zero-order valence-electron chi connectivity index (χ0n) is 8.98. The first kappa shape index (κ1) is 10.9. The number of halogens is 2. The molecule has 1 N–H and O–H groups in total. The van der Waals surface area contributed by atoms with Gasteiger partial charge in [-0.15, -0.1) is 0 Å². The predicted molar refractivity (Wildman–Crippen MR) is 60.8 cm³/mol. The van der Waals surface area contributed by atoms with Crippen molar-refractivity contribution in [2.45, 2.75) is 18.8 Å². The van der Waals surface area contributed by atoms with Crippen LogP contribution in [0.2, 0.25) is 5.02 Å². The molecule has 1 aromatic carbocycles. The summed E-state index contributed by atoms with van der Waals surface area (Å²) in [5, 5.41) is 3.68. The Bertz CT molecular complexity index is 360. The number of likely N-dealkylation sites (N-methyl/N-ethyl adjacent to an activating group) is 1. The number of hydrogen-bond acceptors (Lipinski definition) is 1. The van der Waals surface area contributed by atoms with Gasteiger partial charge < -0.3 is 5.32 Å². The van der Waals surface area contributed by atoms with Gasteiger partial charge in [0.15, 0.2) is 0 Å². The highest BCUT2D eigenvalue weighted by Gasteiger charge is 2.53. The molecule has 2 atom stereocenters. The maximum Gasteiger partial charge on any atom is 0.128 e. The van der Waals surface area contributed by atoms with Gasteiger partial charge in [-0.05, 0) is 31.5 Å². The molecule has 82 valence electrons. The summed E-state index contributed by atoms with van der Waals surface area (Å²) in [5.74, 6) is 0.321. The average Bonchev–Trinajstić information content (AvgIpc) is 2.77. The molecular formula is C12H15ClFN. The molecule has 0 radical (unpaired) electrons. The van der Waals surface area contributed by atoms with E-state index < -0.39 is 0 Å². The molecule has 0 bridgehead atoms. The second-order valence-corrected chi connectivity index (χ2v) is 4.80. The molecule has 1 fully saturated rings. The van der Waals surface area contributed by atoms with Gasteiger partial charge in [-0.1, -0.05) is 24.6 Å². The Balaban J connectivity index is 2.44. The third-order valence-corrected chi connectivity index (χ3v) is 3.72. The first-order chi connectivity index (χ1) is 7.12. The van der Waals surface area contributed by atoms with E-state index in [1.54, 1.807) is 12.1 Å². The highest BCUT2D eigenvalue weighted by atomic mass is 35.5. The van der Waals surface area contributed by atoms with Crippen LogP contribution in [-0.4, -0.2) is 13.6 Å². The van der Waals surface area contributed by atoms with Gasteiger partial charge in [0.2, 0.25) is 0 Å². The Labute approximate surface area is 94.6 Å². The van der Waals surface area contributed by atoms with Crippen molar-refractivity contribution in [2.24, 2.45) is 5.92 Å². The van der Waals surface area contributed by atoms with Crippen LogP contribution in [-0.2, 0) is 5.41 Å². The Morgan fingerprint density at radius 1 is 1.60 bits per heavy atom. The average molecular weight is 228 g/mol. The maximum absolute atomic E-state index is 13.8. The fourth-order valence-corrected chi connectivity index (χ4v) is 2.81. The summed E-state index contributed by atoms with van der Waals surface area (Å²) in [6.07, 6.45) is 1.01. The highest BCUT2D eigenvalue weighted by molar-refractivity contribution is 6.31. The van der Waals surface area contributed by atoms with E-state index in [9.17, 15) is 4.39 Å². The van der Waals surface area contributed by atoms with Crippen LogP contribution in [0.25, 0.3) is 0 Å². The minimum Gasteiger partial charge on any atom is -0.319 e. The third kappa shape index (κ3) is 1.66. The smallest absolute Gasteiger partial charge is 0.128 e. The van der Waals surface area contributed by atoms with E-state index in [-0.39, 0.29) is 11.2 Å². The van der Waals surface area contributed by atoms with Crippen molar-refractivity contribution in [3.05, 3.63) is 34.6 Å². The molecule has 1 aliphatic carbocycles.